The lowest BCUT2D eigenvalue weighted by molar-refractivity contribution is 0.352. The summed E-state index contributed by atoms with van der Waals surface area (Å²) in [5.74, 6) is 0. The standard InChI is InChI=1S/C33H44O3Si4.2CH4/c1-7-29-38(5,6)35-40(32-25-17-11-18-26-32,33-27-19-12-20-28-33)36-39(34-37(3,4)8-2,30-21-13-9-14-22-30)31-23-15-10-16-24-31;;/h9-28H,7-8,29H2,1-6H3;2*1H4. The van der Waals surface area contributed by atoms with E-state index >= 15 is 0 Å². The predicted octanol–water partition coefficient (Wildman–Crippen LogP) is 7.66. The second-order valence-electron chi connectivity index (χ2n) is 11.6. The van der Waals surface area contributed by atoms with Crippen molar-refractivity contribution in [3.63, 3.8) is 0 Å². The molecule has 0 bridgehead atoms. The van der Waals surface area contributed by atoms with E-state index in [9.17, 15) is 0 Å². The Balaban J connectivity index is 0.00000308. The molecule has 4 aromatic rings. The highest BCUT2D eigenvalue weighted by molar-refractivity contribution is 7.08. The minimum absolute atomic E-state index is 0. The SMILES string of the molecule is C.C.CCC[Si](C)(C)O[Si](O[Si](O[Si](C)(C)CC)(c1ccccc1)c1ccccc1)(c1ccccc1)c1ccccc1. The highest BCUT2D eigenvalue weighted by Gasteiger charge is 2.57. The summed E-state index contributed by atoms with van der Waals surface area (Å²) in [5.41, 5.74) is 0. The van der Waals surface area contributed by atoms with E-state index in [1.54, 1.807) is 0 Å². The first kappa shape index (κ1) is 35.8. The van der Waals surface area contributed by atoms with Crippen molar-refractivity contribution in [3.05, 3.63) is 121 Å². The van der Waals surface area contributed by atoms with Gasteiger partial charge in [0.05, 0.1) is 0 Å². The van der Waals surface area contributed by atoms with Gasteiger partial charge in [-0.2, -0.15) is 0 Å². The molecule has 0 fully saturated rings. The van der Waals surface area contributed by atoms with Crippen LogP contribution in [0.2, 0.25) is 38.3 Å². The Morgan fingerprint density at radius 2 is 0.714 bits per heavy atom. The van der Waals surface area contributed by atoms with E-state index in [-0.39, 0.29) is 14.9 Å². The maximum atomic E-state index is 7.99. The van der Waals surface area contributed by atoms with E-state index in [0.29, 0.717) is 0 Å². The van der Waals surface area contributed by atoms with Gasteiger partial charge in [-0.3, -0.25) is 0 Å². The summed E-state index contributed by atoms with van der Waals surface area (Å²) in [7, 11) is -10.9. The molecule has 0 spiro atoms. The van der Waals surface area contributed by atoms with Crippen LogP contribution in [0.4, 0.5) is 0 Å². The highest BCUT2D eigenvalue weighted by Crippen LogP contribution is 2.28. The Morgan fingerprint density at radius 3 is 0.976 bits per heavy atom. The third kappa shape index (κ3) is 8.17. The number of hydrogen-bond acceptors (Lipinski definition) is 3. The van der Waals surface area contributed by atoms with Gasteiger partial charge in [0.1, 0.15) is 0 Å². The van der Waals surface area contributed by atoms with Crippen LogP contribution in [0, 0.1) is 0 Å². The van der Waals surface area contributed by atoms with Crippen molar-refractivity contribution in [1.82, 2.24) is 0 Å². The number of hydrogen-bond donors (Lipinski definition) is 0. The van der Waals surface area contributed by atoms with Crippen LogP contribution < -0.4 is 20.7 Å². The molecule has 0 aromatic heterocycles. The Morgan fingerprint density at radius 1 is 0.429 bits per heavy atom. The summed E-state index contributed by atoms with van der Waals surface area (Å²) in [5, 5.41) is 4.50. The van der Waals surface area contributed by atoms with Crippen molar-refractivity contribution in [2.24, 2.45) is 0 Å². The average molecular weight is 633 g/mol. The minimum atomic E-state index is -3.31. The molecule has 7 heteroatoms. The van der Waals surface area contributed by atoms with Gasteiger partial charge >= 0.3 is 17.1 Å². The van der Waals surface area contributed by atoms with E-state index in [4.69, 9.17) is 12.3 Å². The van der Waals surface area contributed by atoms with Gasteiger partial charge < -0.3 is 12.3 Å². The van der Waals surface area contributed by atoms with Crippen LogP contribution in [0.15, 0.2) is 121 Å². The van der Waals surface area contributed by atoms with Gasteiger partial charge in [-0.05, 0) is 59.0 Å². The average Bonchev–Trinajstić information content (AvgIpc) is 2.98. The summed E-state index contributed by atoms with van der Waals surface area (Å²) >= 11 is 0. The third-order valence-electron chi connectivity index (χ3n) is 7.45. The van der Waals surface area contributed by atoms with E-state index in [2.05, 4.69) is 161 Å². The van der Waals surface area contributed by atoms with Crippen molar-refractivity contribution in [3.8, 4) is 0 Å². The predicted molar refractivity (Wildman–Crippen MR) is 193 cm³/mol. The van der Waals surface area contributed by atoms with E-state index in [0.717, 1.165) is 39.3 Å². The van der Waals surface area contributed by atoms with Crippen LogP contribution in [0.3, 0.4) is 0 Å². The van der Waals surface area contributed by atoms with Crippen LogP contribution in [-0.4, -0.2) is 33.8 Å². The number of rotatable bonds is 13. The lowest BCUT2D eigenvalue weighted by Gasteiger charge is -2.47. The van der Waals surface area contributed by atoms with Gasteiger partial charge in [0.25, 0.3) is 0 Å². The molecule has 0 heterocycles. The Labute approximate surface area is 260 Å². The molecule has 0 amide bonds. The lowest BCUT2D eigenvalue weighted by atomic mass is 10.4. The molecular weight excluding hydrogens is 581 g/mol. The van der Waals surface area contributed by atoms with Crippen LogP contribution in [0.5, 0.6) is 0 Å². The number of benzene rings is 4. The largest absolute Gasteiger partial charge is 0.430 e. The molecule has 0 aliphatic carbocycles. The molecule has 0 aliphatic heterocycles. The second kappa shape index (κ2) is 15.4. The van der Waals surface area contributed by atoms with Crippen molar-refractivity contribution in [1.29, 1.82) is 0 Å². The van der Waals surface area contributed by atoms with Crippen LogP contribution in [0.1, 0.15) is 35.1 Å². The fraction of sp³-hybridized carbons (Fsp3) is 0.314. The van der Waals surface area contributed by atoms with E-state index < -0.39 is 33.8 Å². The van der Waals surface area contributed by atoms with Crippen molar-refractivity contribution in [2.75, 3.05) is 0 Å². The summed E-state index contributed by atoms with van der Waals surface area (Å²) in [6, 6.07) is 44.8. The van der Waals surface area contributed by atoms with Crippen molar-refractivity contribution < 1.29 is 12.3 Å². The maximum Gasteiger partial charge on any atom is 0.388 e. The molecule has 4 aromatic carbocycles. The molecule has 4 rings (SSSR count). The first-order chi connectivity index (χ1) is 19.2. The first-order valence-electron chi connectivity index (χ1n) is 14.5. The van der Waals surface area contributed by atoms with Gasteiger partial charge in [0, 0.05) is 0 Å². The topological polar surface area (TPSA) is 27.7 Å². The molecule has 0 atom stereocenters. The molecule has 226 valence electrons. The minimum Gasteiger partial charge on any atom is -0.430 e. The van der Waals surface area contributed by atoms with Crippen LogP contribution in [-0.2, 0) is 12.3 Å². The van der Waals surface area contributed by atoms with Gasteiger partial charge in [-0.15, -0.1) is 0 Å². The second-order valence-corrected chi connectivity index (χ2v) is 27.1. The summed E-state index contributed by atoms with van der Waals surface area (Å²) in [6.45, 7) is 13.8. The molecule has 0 unspecified atom stereocenters. The lowest BCUT2D eigenvalue weighted by Crippen LogP contribution is -2.78. The smallest absolute Gasteiger partial charge is 0.388 e. The van der Waals surface area contributed by atoms with Gasteiger partial charge in [-0.25, -0.2) is 0 Å². The molecule has 0 radical (unpaired) electrons. The summed E-state index contributed by atoms with van der Waals surface area (Å²) in [4.78, 5) is 0. The quantitative estimate of drug-likeness (QED) is 0.142. The zero-order chi connectivity index (χ0) is 28.7. The Bertz CT molecular complexity index is 1240. The molecule has 0 saturated carbocycles. The normalized spacial score (nSPS) is 12.2. The third-order valence-corrected chi connectivity index (χ3v) is 24.2. The monoisotopic (exact) mass is 632 g/mol. The zero-order valence-corrected chi connectivity index (χ0v) is 28.9. The Hall–Kier alpha value is -2.37. The highest BCUT2D eigenvalue weighted by atomic mass is 28.5. The van der Waals surface area contributed by atoms with Gasteiger partial charge in [0.2, 0.25) is 0 Å². The molecule has 0 aliphatic rings. The molecule has 3 nitrogen and oxygen atoms in total. The van der Waals surface area contributed by atoms with Gasteiger partial charge in [-0.1, -0.05) is 156 Å². The summed E-state index contributed by atoms with van der Waals surface area (Å²) < 4.78 is 23.1. The molecule has 42 heavy (non-hydrogen) atoms. The van der Waals surface area contributed by atoms with E-state index in [1.165, 1.54) is 0 Å². The van der Waals surface area contributed by atoms with Crippen molar-refractivity contribution >= 4 is 54.5 Å². The first-order valence-corrected chi connectivity index (χ1v) is 24.4. The van der Waals surface area contributed by atoms with Gasteiger partial charge in [0.15, 0.2) is 16.6 Å². The molecule has 0 N–H and O–H groups in total. The fourth-order valence-corrected chi connectivity index (χ4v) is 23.3. The molecule has 0 saturated heterocycles. The van der Waals surface area contributed by atoms with Crippen molar-refractivity contribution in [2.45, 2.75) is 73.4 Å². The van der Waals surface area contributed by atoms with Crippen LogP contribution >= 0.6 is 0 Å². The Kier molecular flexibility index (Phi) is 13.1. The van der Waals surface area contributed by atoms with Crippen LogP contribution in [0.25, 0.3) is 0 Å². The fourth-order valence-electron chi connectivity index (χ4n) is 5.18. The summed E-state index contributed by atoms with van der Waals surface area (Å²) in [6.07, 6.45) is 1.08. The molecular formula is C35H52O3Si4. The van der Waals surface area contributed by atoms with E-state index in [1.807, 2.05) is 0 Å². The maximum absolute atomic E-state index is 7.99. The zero-order valence-electron chi connectivity index (χ0n) is 24.9.